The Bertz CT molecular complexity index is 974. The molecular weight excluding hydrogens is 364 g/mol. The van der Waals surface area contributed by atoms with Crippen LogP contribution in [0.5, 0.6) is 5.75 Å². The third-order valence-corrected chi connectivity index (χ3v) is 4.22. The number of para-hydroxylation sites is 3. The van der Waals surface area contributed by atoms with Gasteiger partial charge in [-0.2, -0.15) is 0 Å². The van der Waals surface area contributed by atoms with Crippen molar-refractivity contribution >= 4 is 23.1 Å². The fraction of sp³-hybridized carbons (Fsp3) is 0.261. The Kier molecular flexibility index (Phi) is 6.44. The van der Waals surface area contributed by atoms with E-state index in [1.54, 1.807) is 13.0 Å². The van der Waals surface area contributed by atoms with Crippen molar-refractivity contribution in [3.63, 3.8) is 0 Å². The van der Waals surface area contributed by atoms with Gasteiger partial charge in [0.15, 0.2) is 0 Å². The lowest BCUT2D eigenvalue weighted by molar-refractivity contribution is 0.102. The van der Waals surface area contributed by atoms with Crippen LogP contribution >= 0.6 is 0 Å². The van der Waals surface area contributed by atoms with Crippen molar-refractivity contribution in [1.29, 1.82) is 0 Å². The van der Waals surface area contributed by atoms with Gasteiger partial charge in [0.05, 0.1) is 11.8 Å². The van der Waals surface area contributed by atoms with Crippen molar-refractivity contribution in [3.8, 4) is 5.75 Å². The SMILES string of the molecule is CCN(c1ccccc1)c1cc(C(=O)Nc2ccccc2OC(C)C)nc(C)n1. The summed E-state index contributed by atoms with van der Waals surface area (Å²) in [5.74, 6) is 1.54. The molecule has 0 fully saturated rings. The normalized spacial score (nSPS) is 10.7. The first-order valence-electron chi connectivity index (χ1n) is 9.73. The molecule has 0 unspecified atom stereocenters. The maximum Gasteiger partial charge on any atom is 0.274 e. The molecule has 0 saturated heterocycles. The zero-order chi connectivity index (χ0) is 20.8. The van der Waals surface area contributed by atoms with Crippen molar-refractivity contribution < 1.29 is 9.53 Å². The number of benzene rings is 2. The lowest BCUT2D eigenvalue weighted by Crippen LogP contribution is -2.21. The number of nitrogens with zero attached hydrogens (tertiary/aromatic N) is 3. The highest BCUT2D eigenvalue weighted by molar-refractivity contribution is 6.04. The summed E-state index contributed by atoms with van der Waals surface area (Å²) in [5.41, 5.74) is 1.93. The largest absolute Gasteiger partial charge is 0.489 e. The summed E-state index contributed by atoms with van der Waals surface area (Å²) in [6.07, 6.45) is 0.00457. The molecule has 0 spiro atoms. The topological polar surface area (TPSA) is 67.4 Å². The smallest absolute Gasteiger partial charge is 0.274 e. The average molecular weight is 390 g/mol. The summed E-state index contributed by atoms with van der Waals surface area (Å²) in [6, 6.07) is 19.0. The van der Waals surface area contributed by atoms with Crippen molar-refractivity contribution in [1.82, 2.24) is 9.97 Å². The number of rotatable bonds is 7. The molecule has 1 aromatic heterocycles. The van der Waals surface area contributed by atoms with Gasteiger partial charge in [0, 0.05) is 18.3 Å². The molecule has 3 aromatic rings. The van der Waals surface area contributed by atoms with Gasteiger partial charge in [0.25, 0.3) is 5.91 Å². The van der Waals surface area contributed by atoms with Gasteiger partial charge < -0.3 is 15.0 Å². The predicted molar refractivity (Wildman–Crippen MR) is 116 cm³/mol. The molecule has 0 aliphatic rings. The first-order chi connectivity index (χ1) is 14.0. The van der Waals surface area contributed by atoms with E-state index in [0.29, 0.717) is 35.3 Å². The van der Waals surface area contributed by atoms with Gasteiger partial charge in [-0.15, -0.1) is 0 Å². The molecule has 6 nitrogen and oxygen atoms in total. The van der Waals surface area contributed by atoms with Crippen molar-refractivity contribution in [2.45, 2.75) is 33.8 Å². The first-order valence-corrected chi connectivity index (χ1v) is 9.73. The van der Waals surface area contributed by atoms with Crippen LogP contribution in [0.2, 0.25) is 0 Å². The van der Waals surface area contributed by atoms with Crippen LogP contribution in [0.1, 0.15) is 37.1 Å². The van der Waals surface area contributed by atoms with Gasteiger partial charge in [0.2, 0.25) is 0 Å². The quantitative estimate of drug-likeness (QED) is 0.616. The molecule has 0 bridgehead atoms. The third-order valence-electron chi connectivity index (χ3n) is 4.22. The number of anilines is 3. The summed E-state index contributed by atoms with van der Waals surface area (Å²) < 4.78 is 5.79. The molecule has 1 heterocycles. The number of aromatic nitrogens is 2. The summed E-state index contributed by atoms with van der Waals surface area (Å²) in [6.45, 7) is 8.44. The van der Waals surface area contributed by atoms with Crippen molar-refractivity contribution in [2.24, 2.45) is 0 Å². The fourth-order valence-corrected chi connectivity index (χ4v) is 3.00. The predicted octanol–water partition coefficient (Wildman–Crippen LogP) is 4.98. The molecule has 150 valence electrons. The average Bonchev–Trinajstić information content (AvgIpc) is 2.70. The lowest BCUT2D eigenvalue weighted by Gasteiger charge is -2.22. The number of carbonyl (C=O) groups excluding carboxylic acids is 1. The van der Waals surface area contributed by atoms with Gasteiger partial charge in [0.1, 0.15) is 23.1 Å². The highest BCUT2D eigenvalue weighted by Gasteiger charge is 2.16. The fourth-order valence-electron chi connectivity index (χ4n) is 3.00. The van der Waals surface area contributed by atoms with Gasteiger partial charge in [-0.3, -0.25) is 4.79 Å². The lowest BCUT2D eigenvalue weighted by atomic mass is 10.2. The number of carbonyl (C=O) groups is 1. The zero-order valence-electron chi connectivity index (χ0n) is 17.2. The Balaban J connectivity index is 1.89. The van der Waals surface area contributed by atoms with Crippen LogP contribution in [0.15, 0.2) is 60.7 Å². The maximum absolute atomic E-state index is 12.9. The van der Waals surface area contributed by atoms with Crippen LogP contribution in [-0.2, 0) is 0 Å². The molecule has 0 atom stereocenters. The summed E-state index contributed by atoms with van der Waals surface area (Å²) in [7, 11) is 0. The number of hydrogen-bond donors (Lipinski definition) is 1. The third kappa shape index (κ3) is 5.10. The Morgan fingerprint density at radius 1 is 1.07 bits per heavy atom. The minimum Gasteiger partial charge on any atom is -0.489 e. The van der Waals surface area contributed by atoms with Crippen LogP contribution in [0.25, 0.3) is 0 Å². The monoisotopic (exact) mass is 390 g/mol. The van der Waals surface area contributed by atoms with E-state index in [4.69, 9.17) is 4.74 Å². The van der Waals surface area contributed by atoms with Crippen LogP contribution in [0, 0.1) is 6.92 Å². The summed E-state index contributed by atoms with van der Waals surface area (Å²) in [4.78, 5) is 23.8. The second kappa shape index (κ2) is 9.19. The number of aryl methyl sites for hydroxylation is 1. The van der Waals surface area contributed by atoms with Crippen LogP contribution < -0.4 is 15.0 Å². The molecule has 1 amide bonds. The van der Waals surface area contributed by atoms with Crippen molar-refractivity contribution in [2.75, 3.05) is 16.8 Å². The molecule has 0 radical (unpaired) electrons. The second-order valence-electron chi connectivity index (χ2n) is 6.86. The molecular formula is C23H26N4O2. The van der Waals surface area contributed by atoms with E-state index in [1.165, 1.54) is 0 Å². The number of nitrogens with one attached hydrogen (secondary N) is 1. The van der Waals surface area contributed by atoms with E-state index in [-0.39, 0.29) is 12.0 Å². The molecule has 0 aliphatic carbocycles. The summed E-state index contributed by atoms with van der Waals surface area (Å²) in [5, 5.41) is 2.91. The van der Waals surface area contributed by atoms with E-state index in [1.807, 2.05) is 80.3 Å². The second-order valence-corrected chi connectivity index (χ2v) is 6.86. The van der Waals surface area contributed by atoms with E-state index in [0.717, 1.165) is 5.69 Å². The molecule has 0 aliphatic heterocycles. The highest BCUT2D eigenvalue weighted by atomic mass is 16.5. The van der Waals surface area contributed by atoms with Crippen molar-refractivity contribution in [3.05, 3.63) is 72.2 Å². The number of amides is 1. The molecule has 0 saturated carbocycles. The van der Waals surface area contributed by atoms with Gasteiger partial charge in [-0.1, -0.05) is 30.3 Å². The van der Waals surface area contributed by atoms with E-state index < -0.39 is 0 Å². The Morgan fingerprint density at radius 3 is 2.45 bits per heavy atom. The number of ether oxygens (including phenoxy) is 1. The Hall–Kier alpha value is -3.41. The molecule has 2 aromatic carbocycles. The minimum absolute atomic E-state index is 0.00457. The first kappa shape index (κ1) is 20.3. The summed E-state index contributed by atoms with van der Waals surface area (Å²) >= 11 is 0. The van der Waals surface area contributed by atoms with E-state index >= 15 is 0 Å². The Morgan fingerprint density at radius 2 is 1.76 bits per heavy atom. The minimum atomic E-state index is -0.305. The van der Waals surface area contributed by atoms with Gasteiger partial charge in [-0.25, -0.2) is 9.97 Å². The van der Waals surface area contributed by atoms with E-state index in [2.05, 4.69) is 15.3 Å². The number of hydrogen-bond acceptors (Lipinski definition) is 5. The highest BCUT2D eigenvalue weighted by Crippen LogP contribution is 2.27. The molecule has 6 heteroatoms. The van der Waals surface area contributed by atoms with Gasteiger partial charge in [-0.05, 0) is 52.0 Å². The van der Waals surface area contributed by atoms with Gasteiger partial charge >= 0.3 is 0 Å². The molecule has 3 rings (SSSR count). The Labute approximate surface area is 171 Å². The maximum atomic E-state index is 12.9. The molecule has 1 N–H and O–H groups in total. The zero-order valence-corrected chi connectivity index (χ0v) is 17.2. The van der Waals surface area contributed by atoms with Crippen LogP contribution in [0.4, 0.5) is 17.2 Å². The van der Waals surface area contributed by atoms with Crippen LogP contribution in [-0.4, -0.2) is 28.5 Å². The standard InChI is InChI=1S/C23H26N4O2/c1-5-27(18-11-7-6-8-12-18)22-15-20(24-17(4)25-22)23(28)26-19-13-9-10-14-21(19)29-16(2)3/h6-16H,5H2,1-4H3,(H,26,28). The van der Waals surface area contributed by atoms with E-state index in [9.17, 15) is 4.79 Å². The molecule has 29 heavy (non-hydrogen) atoms. The van der Waals surface area contributed by atoms with Crippen LogP contribution in [0.3, 0.4) is 0 Å².